The minimum Gasteiger partial charge on any atom is -0.480 e. The molecule has 0 aliphatic rings. The van der Waals surface area contributed by atoms with Crippen LogP contribution in [0.4, 0.5) is 4.79 Å². The molecule has 8 nitrogen and oxygen atoms in total. The summed E-state index contributed by atoms with van der Waals surface area (Å²) in [5, 5.41) is 14.0. The van der Waals surface area contributed by atoms with E-state index in [0.717, 1.165) is 0 Å². The molecule has 0 bridgehead atoms. The molecule has 1 heterocycles. The number of carboxylic acid groups (broad SMARTS) is 1. The van der Waals surface area contributed by atoms with Gasteiger partial charge in [0.25, 0.3) is 0 Å². The SMILES string of the molecule is CC(CS(C)=O)NC(=O)NC(Cc1cnc[nH]1)C(=O)O. The average Bonchev–Trinajstić information content (AvgIpc) is 2.79. The van der Waals surface area contributed by atoms with Crippen LogP contribution in [0.1, 0.15) is 12.6 Å². The van der Waals surface area contributed by atoms with Crippen molar-refractivity contribution < 1.29 is 18.9 Å². The summed E-state index contributed by atoms with van der Waals surface area (Å²) in [4.78, 5) is 29.3. The summed E-state index contributed by atoms with van der Waals surface area (Å²) in [6.45, 7) is 1.70. The summed E-state index contributed by atoms with van der Waals surface area (Å²) in [5.41, 5.74) is 0.611. The maximum Gasteiger partial charge on any atom is 0.326 e. The smallest absolute Gasteiger partial charge is 0.326 e. The maximum atomic E-state index is 11.7. The molecule has 0 aliphatic heterocycles. The summed E-state index contributed by atoms with van der Waals surface area (Å²) in [7, 11) is -1.03. The van der Waals surface area contributed by atoms with E-state index in [1.807, 2.05) is 0 Å². The van der Waals surface area contributed by atoms with Gasteiger partial charge in [0, 0.05) is 47.2 Å². The first-order valence-electron chi connectivity index (χ1n) is 5.95. The second kappa shape index (κ2) is 7.63. The van der Waals surface area contributed by atoms with E-state index in [2.05, 4.69) is 20.6 Å². The lowest BCUT2D eigenvalue weighted by Gasteiger charge is -2.17. The lowest BCUT2D eigenvalue weighted by molar-refractivity contribution is -0.139. The Morgan fingerprint density at radius 2 is 2.20 bits per heavy atom. The standard InChI is InChI=1S/C11H18N4O4S/c1-7(5-20(2)19)14-11(18)15-9(10(16)17)3-8-4-12-6-13-8/h4,6-7,9H,3,5H2,1-2H3,(H,12,13)(H,16,17)(H2,14,15,18). The minimum absolute atomic E-state index is 0.108. The van der Waals surface area contributed by atoms with Crippen molar-refractivity contribution in [2.24, 2.45) is 0 Å². The largest absolute Gasteiger partial charge is 0.480 e. The van der Waals surface area contributed by atoms with Crippen LogP contribution >= 0.6 is 0 Å². The number of aliphatic carboxylic acids is 1. The first kappa shape index (κ1) is 16.2. The van der Waals surface area contributed by atoms with Crippen molar-refractivity contribution in [2.75, 3.05) is 12.0 Å². The highest BCUT2D eigenvalue weighted by atomic mass is 32.2. The molecular weight excluding hydrogens is 284 g/mol. The van der Waals surface area contributed by atoms with Crippen molar-refractivity contribution in [1.29, 1.82) is 0 Å². The van der Waals surface area contributed by atoms with Gasteiger partial charge in [-0.15, -0.1) is 0 Å². The zero-order valence-electron chi connectivity index (χ0n) is 11.3. The molecule has 1 aromatic rings. The fourth-order valence-corrected chi connectivity index (χ4v) is 2.42. The first-order chi connectivity index (χ1) is 9.38. The van der Waals surface area contributed by atoms with Gasteiger partial charge >= 0.3 is 12.0 Å². The number of rotatable bonds is 7. The Kier molecular flexibility index (Phi) is 6.16. The summed E-state index contributed by atoms with van der Waals surface area (Å²) in [5.74, 6) is -0.826. The zero-order chi connectivity index (χ0) is 15.1. The first-order valence-corrected chi connectivity index (χ1v) is 7.68. The lowest BCUT2D eigenvalue weighted by atomic mass is 10.2. The van der Waals surface area contributed by atoms with Crippen LogP contribution in [0, 0.1) is 0 Å². The molecule has 0 radical (unpaired) electrons. The number of aromatic nitrogens is 2. The summed E-state index contributed by atoms with van der Waals surface area (Å²) >= 11 is 0. The molecule has 1 rings (SSSR count). The second-order valence-corrected chi connectivity index (χ2v) is 5.91. The van der Waals surface area contributed by atoms with Crippen molar-refractivity contribution in [3.05, 3.63) is 18.2 Å². The van der Waals surface area contributed by atoms with E-state index in [0.29, 0.717) is 11.4 Å². The second-order valence-electron chi connectivity index (χ2n) is 4.43. The number of H-pyrrole nitrogens is 1. The summed E-state index contributed by atoms with van der Waals surface area (Å²) in [6, 6.07) is -1.97. The third-order valence-electron chi connectivity index (χ3n) is 2.44. The lowest BCUT2D eigenvalue weighted by Crippen LogP contribution is -2.50. The molecule has 4 N–H and O–H groups in total. The fourth-order valence-electron chi connectivity index (χ4n) is 1.63. The third kappa shape index (κ3) is 5.83. The van der Waals surface area contributed by atoms with Gasteiger partial charge in [0.2, 0.25) is 0 Å². The third-order valence-corrected chi connectivity index (χ3v) is 3.41. The Hall–Kier alpha value is -1.90. The molecule has 0 saturated heterocycles. The van der Waals surface area contributed by atoms with Gasteiger partial charge in [-0.2, -0.15) is 0 Å². The molecule has 9 heteroatoms. The van der Waals surface area contributed by atoms with Gasteiger partial charge in [0.1, 0.15) is 6.04 Å². The van der Waals surface area contributed by atoms with Gasteiger partial charge in [0.15, 0.2) is 0 Å². The average molecular weight is 302 g/mol. The van der Waals surface area contributed by atoms with Crippen LogP contribution in [0.5, 0.6) is 0 Å². The van der Waals surface area contributed by atoms with Crippen LogP contribution in [-0.4, -0.2) is 55.4 Å². The van der Waals surface area contributed by atoms with E-state index in [1.165, 1.54) is 18.8 Å². The predicted octanol–water partition coefficient (Wildman–Crippen LogP) is -0.528. The Labute approximate surface area is 118 Å². The maximum absolute atomic E-state index is 11.7. The number of amides is 2. The van der Waals surface area contributed by atoms with E-state index < -0.39 is 28.8 Å². The number of carbonyl (C=O) groups excluding carboxylic acids is 1. The molecule has 0 spiro atoms. The molecule has 20 heavy (non-hydrogen) atoms. The molecule has 3 unspecified atom stereocenters. The van der Waals surface area contributed by atoms with Crippen molar-refractivity contribution in [1.82, 2.24) is 20.6 Å². The number of carbonyl (C=O) groups is 2. The highest BCUT2D eigenvalue weighted by Gasteiger charge is 2.21. The van der Waals surface area contributed by atoms with E-state index in [9.17, 15) is 13.8 Å². The molecule has 3 atom stereocenters. The van der Waals surface area contributed by atoms with Crippen molar-refractivity contribution in [3.8, 4) is 0 Å². The number of aromatic amines is 1. The molecule has 2 amide bonds. The van der Waals surface area contributed by atoms with E-state index in [1.54, 1.807) is 6.92 Å². The van der Waals surface area contributed by atoms with Crippen LogP contribution in [0.25, 0.3) is 0 Å². The van der Waals surface area contributed by atoms with Gasteiger partial charge in [-0.3, -0.25) is 4.21 Å². The van der Waals surface area contributed by atoms with Crippen molar-refractivity contribution in [3.63, 3.8) is 0 Å². The Bertz CT molecular complexity index is 477. The molecule has 0 saturated carbocycles. The van der Waals surface area contributed by atoms with Crippen LogP contribution in [-0.2, 0) is 22.0 Å². The Morgan fingerprint density at radius 1 is 1.50 bits per heavy atom. The number of urea groups is 1. The van der Waals surface area contributed by atoms with E-state index in [4.69, 9.17) is 5.11 Å². The monoisotopic (exact) mass is 302 g/mol. The zero-order valence-corrected chi connectivity index (χ0v) is 12.1. The van der Waals surface area contributed by atoms with Gasteiger partial charge in [-0.1, -0.05) is 0 Å². The minimum atomic E-state index is -1.14. The highest BCUT2D eigenvalue weighted by Crippen LogP contribution is 1.99. The number of nitrogens with zero attached hydrogens (tertiary/aromatic N) is 1. The van der Waals surface area contributed by atoms with Crippen LogP contribution in [0.3, 0.4) is 0 Å². The quantitative estimate of drug-likeness (QED) is 0.539. The van der Waals surface area contributed by atoms with E-state index >= 15 is 0 Å². The molecule has 0 fully saturated rings. The van der Waals surface area contributed by atoms with E-state index in [-0.39, 0.29) is 12.5 Å². The summed E-state index contributed by atoms with van der Waals surface area (Å²) in [6.07, 6.45) is 4.58. The van der Waals surface area contributed by atoms with Crippen LogP contribution in [0.2, 0.25) is 0 Å². The number of carboxylic acids is 1. The van der Waals surface area contributed by atoms with Crippen molar-refractivity contribution in [2.45, 2.75) is 25.4 Å². The topological polar surface area (TPSA) is 124 Å². The van der Waals surface area contributed by atoms with Crippen LogP contribution < -0.4 is 10.6 Å². The Balaban J connectivity index is 2.51. The predicted molar refractivity (Wildman–Crippen MR) is 73.8 cm³/mol. The number of hydrogen-bond acceptors (Lipinski definition) is 4. The molecule has 0 aromatic carbocycles. The van der Waals surface area contributed by atoms with Gasteiger partial charge in [-0.25, -0.2) is 14.6 Å². The highest BCUT2D eigenvalue weighted by molar-refractivity contribution is 7.84. The number of nitrogens with one attached hydrogen (secondary N) is 3. The summed E-state index contributed by atoms with van der Waals surface area (Å²) < 4.78 is 11.0. The van der Waals surface area contributed by atoms with Gasteiger partial charge in [0.05, 0.1) is 6.33 Å². The number of hydrogen-bond donors (Lipinski definition) is 4. The van der Waals surface area contributed by atoms with Crippen molar-refractivity contribution >= 4 is 22.8 Å². The van der Waals surface area contributed by atoms with Gasteiger partial charge in [-0.05, 0) is 6.92 Å². The number of imidazole rings is 1. The molecular formula is C11H18N4O4S. The van der Waals surface area contributed by atoms with Gasteiger partial charge < -0.3 is 20.7 Å². The fraction of sp³-hybridized carbons (Fsp3) is 0.545. The molecule has 0 aliphatic carbocycles. The molecule has 1 aromatic heterocycles. The normalized spacial score (nSPS) is 15.1. The Morgan fingerprint density at radius 3 is 2.70 bits per heavy atom. The van der Waals surface area contributed by atoms with Crippen LogP contribution in [0.15, 0.2) is 12.5 Å². The molecule has 112 valence electrons.